The first-order valence-corrected chi connectivity index (χ1v) is 10.1. The first-order chi connectivity index (χ1) is 15.9. The standard InChI is InChI=1S/C23H20FN5O4/c1-28-20-14-26-19(21(30)27-13-15-3-2-8-25-12-15)11-18(20)22(31)29(23(28)32)9-10-33-17-6-4-16(24)5-7-17/h2-8,11-12,14H,9-10,13H2,1H3,(H,27,30). The summed E-state index contributed by atoms with van der Waals surface area (Å²) in [7, 11) is 1.52. The van der Waals surface area contributed by atoms with E-state index in [9.17, 15) is 18.8 Å². The molecule has 3 heterocycles. The van der Waals surface area contributed by atoms with Gasteiger partial charge in [0.1, 0.15) is 23.9 Å². The Morgan fingerprint density at radius 1 is 1.15 bits per heavy atom. The van der Waals surface area contributed by atoms with E-state index in [4.69, 9.17) is 4.74 Å². The molecule has 0 unspecified atom stereocenters. The van der Waals surface area contributed by atoms with Gasteiger partial charge < -0.3 is 10.1 Å². The van der Waals surface area contributed by atoms with E-state index >= 15 is 0 Å². The Kier molecular flexibility index (Phi) is 6.25. The van der Waals surface area contributed by atoms with Crippen molar-refractivity contribution in [2.75, 3.05) is 6.61 Å². The van der Waals surface area contributed by atoms with E-state index in [1.54, 1.807) is 18.5 Å². The minimum absolute atomic E-state index is 0.0236. The number of carbonyl (C=O) groups excluding carboxylic acids is 1. The molecule has 0 atom stereocenters. The zero-order chi connectivity index (χ0) is 23.4. The van der Waals surface area contributed by atoms with E-state index < -0.39 is 23.0 Å². The van der Waals surface area contributed by atoms with Gasteiger partial charge in [0.25, 0.3) is 11.5 Å². The predicted octanol–water partition coefficient (Wildman–Crippen LogP) is 1.64. The lowest BCUT2D eigenvalue weighted by Crippen LogP contribution is -2.40. The molecule has 10 heteroatoms. The molecule has 1 N–H and O–H groups in total. The van der Waals surface area contributed by atoms with Gasteiger partial charge >= 0.3 is 5.69 Å². The number of nitrogens with one attached hydrogen (secondary N) is 1. The first kappa shape index (κ1) is 21.9. The van der Waals surface area contributed by atoms with Crippen molar-refractivity contribution in [3.8, 4) is 5.75 Å². The van der Waals surface area contributed by atoms with Crippen LogP contribution < -0.4 is 21.3 Å². The summed E-state index contributed by atoms with van der Waals surface area (Å²) in [5, 5.41) is 2.91. The Morgan fingerprint density at radius 3 is 2.67 bits per heavy atom. The summed E-state index contributed by atoms with van der Waals surface area (Å²) < 4.78 is 20.8. The fourth-order valence-corrected chi connectivity index (χ4v) is 3.29. The normalized spacial score (nSPS) is 10.8. The smallest absolute Gasteiger partial charge is 0.331 e. The van der Waals surface area contributed by atoms with E-state index in [1.165, 1.54) is 48.1 Å². The molecule has 168 valence electrons. The van der Waals surface area contributed by atoms with Crippen LogP contribution in [0.1, 0.15) is 16.1 Å². The Balaban J connectivity index is 1.56. The summed E-state index contributed by atoms with van der Waals surface area (Å²) in [5.41, 5.74) is 0.0867. The minimum atomic E-state index is -0.556. The predicted molar refractivity (Wildman–Crippen MR) is 119 cm³/mol. The average Bonchev–Trinajstić information content (AvgIpc) is 2.84. The van der Waals surface area contributed by atoms with Crippen LogP contribution in [0.5, 0.6) is 5.75 Å². The number of aromatic nitrogens is 4. The second-order valence-corrected chi connectivity index (χ2v) is 7.23. The van der Waals surface area contributed by atoms with Crippen LogP contribution in [0, 0.1) is 5.82 Å². The molecule has 0 bridgehead atoms. The number of carbonyl (C=O) groups is 1. The zero-order valence-electron chi connectivity index (χ0n) is 17.7. The molecule has 0 fully saturated rings. The number of benzene rings is 1. The molecule has 0 spiro atoms. The third-order valence-corrected chi connectivity index (χ3v) is 5.04. The van der Waals surface area contributed by atoms with Crippen LogP contribution in [0.2, 0.25) is 0 Å². The molecule has 0 saturated carbocycles. The average molecular weight is 449 g/mol. The zero-order valence-corrected chi connectivity index (χ0v) is 17.7. The molecule has 0 aliphatic carbocycles. The topological polar surface area (TPSA) is 108 Å². The minimum Gasteiger partial charge on any atom is -0.492 e. The van der Waals surface area contributed by atoms with Gasteiger partial charge in [0.2, 0.25) is 0 Å². The van der Waals surface area contributed by atoms with Crippen LogP contribution in [0.4, 0.5) is 4.39 Å². The summed E-state index contributed by atoms with van der Waals surface area (Å²) in [6, 6.07) is 10.4. The van der Waals surface area contributed by atoms with E-state index in [0.29, 0.717) is 11.3 Å². The number of pyridine rings is 2. The fraction of sp³-hybridized carbons (Fsp3) is 0.174. The van der Waals surface area contributed by atoms with Gasteiger partial charge in [-0.25, -0.2) is 14.2 Å². The molecular weight excluding hydrogens is 429 g/mol. The van der Waals surface area contributed by atoms with E-state index in [1.807, 2.05) is 6.07 Å². The van der Waals surface area contributed by atoms with Crippen LogP contribution in [0.15, 0.2) is 70.6 Å². The Bertz CT molecular complexity index is 1420. The molecule has 0 aliphatic heterocycles. The van der Waals surface area contributed by atoms with E-state index in [0.717, 1.165) is 10.1 Å². The van der Waals surface area contributed by atoms with Gasteiger partial charge in [-0.15, -0.1) is 0 Å². The second kappa shape index (κ2) is 9.43. The van der Waals surface area contributed by atoms with Crippen molar-refractivity contribution in [3.63, 3.8) is 0 Å². The van der Waals surface area contributed by atoms with Gasteiger partial charge in [-0.2, -0.15) is 0 Å². The van der Waals surface area contributed by atoms with Crippen molar-refractivity contribution in [2.24, 2.45) is 7.05 Å². The van der Waals surface area contributed by atoms with Crippen molar-refractivity contribution < 1.29 is 13.9 Å². The summed E-state index contributed by atoms with van der Waals surface area (Å²) in [4.78, 5) is 46.3. The summed E-state index contributed by atoms with van der Waals surface area (Å²) >= 11 is 0. The van der Waals surface area contributed by atoms with Gasteiger partial charge in [-0.05, 0) is 42.0 Å². The Hall–Kier alpha value is -4.34. The molecule has 0 saturated heterocycles. The highest BCUT2D eigenvalue weighted by Crippen LogP contribution is 2.11. The molecule has 1 amide bonds. The lowest BCUT2D eigenvalue weighted by Gasteiger charge is -2.12. The van der Waals surface area contributed by atoms with Crippen molar-refractivity contribution in [3.05, 3.63) is 99.0 Å². The molecule has 0 aliphatic rings. The van der Waals surface area contributed by atoms with Crippen LogP contribution in [0.25, 0.3) is 10.9 Å². The molecule has 3 aromatic heterocycles. The van der Waals surface area contributed by atoms with Crippen molar-refractivity contribution >= 4 is 16.8 Å². The largest absolute Gasteiger partial charge is 0.492 e. The highest BCUT2D eigenvalue weighted by molar-refractivity contribution is 5.95. The molecule has 0 radical (unpaired) electrons. The second-order valence-electron chi connectivity index (χ2n) is 7.23. The molecule has 33 heavy (non-hydrogen) atoms. The summed E-state index contributed by atoms with van der Waals surface area (Å²) in [6.07, 6.45) is 4.60. The highest BCUT2D eigenvalue weighted by Gasteiger charge is 2.15. The fourth-order valence-electron chi connectivity index (χ4n) is 3.29. The van der Waals surface area contributed by atoms with E-state index in [2.05, 4.69) is 15.3 Å². The molecule has 4 aromatic rings. The quantitative estimate of drug-likeness (QED) is 0.460. The lowest BCUT2D eigenvalue weighted by atomic mass is 10.2. The third-order valence-electron chi connectivity index (χ3n) is 5.04. The molecule has 9 nitrogen and oxygen atoms in total. The molecule has 4 rings (SSSR count). The number of hydrogen-bond donors (Lipinski definition) is 1. The van der Waals surface area contributed by atoms with Crippen LogP contribution in [-0.2, 0) is 20.1 Å². The van der Waals surface area contributed by atoms with Crippen LogP contribution in [0.3, 0.4) is 0 Å². The summed E-state index contributed by atoms with van der Waals surface area (Å²) in [5.74, 6) is -0.435. The number of hydrogen-bond acceptors (Lipinski definition) is 6. The number of ether oxygens (including phenoxy) is 1. The maximum Gasteiger partial charge on any atom is 0.331 e. The van der Waals surface area contributed by atoms with Crippen molar-refractivity contribution in [1.82, 2.24) is 24.4 Å². The van der Waals surface area contributed by atoms with Crippen LogP contribution >= 0.6 is 0 Å². The number of fused-ring (bicyclic) bond motifs is 1. The number of aryl methyl sites for hydroxylation is 1. The van der Waals surface area contributed by atoms with Crippen LogP contribution in [-0.4, -0.2) is 31.6 Å². The Morgan fingerprint density at radius 2 is 1.94 bits per heavy atom. The number of rotatable bonds is 7. The maximum absolute atomic E-state index is 13.0. The van der Waals surface area contributed by atoms with Crippen molar-refractivity contribution in [1.29, 1.82) is 0 Å². The maximum atomic E-state index is 13.0. The molecular formula is C23H20FN5O4. The van der Waals surface area contributed by atoms with Gasteiger partial charge in [-0.1, -0.05) is 6.07 Å². The van der Waals surface area contributed by atoms with Gasteiger partial charge in [0.15, 0.2) is 0 Å². The SMILES string of the molecule is Cn1c(=O)n(CCOc2ccc(F)cc2)c(=O)c2cc(C(=O)NCc3cccnc3)ncc21. The third kappa shape index (κ3) is 4.79. The number of halogens is 1. The van der Waals surface area contributed by atoms with Gasteiger partial charge in [0, 0.05) is 26.0 Å². The highest BCUT2D eigenvalue weighted by atomic mass is 19.1. The molecule has 1 aromatic carbocycles. The number of amides is 1. The summed E-state index contributed by atoms with van der Waals surface area (Å²) in [6.45, 7) is 0.254. The monoisotopic (exact) mass is 449 g/mol. The van der Waals surface area contributed by atoms with Crippen molar-refractivity contribution in [2.45, 2.75) is 13.1 Å². The van der Waals surface area contributed by atoms with E-state index in [-0.39, 0.29) is 30.8 Å². The van der Waals surface area contributed by atoms with Gasteiger partial charge in [0.05, 0.1) is 23.6 Å². The Labute approximate surface area is 187 Å². The lowest BCUT2D eigenvalue weighted by molar-refractivity contribution is 0.0946. The first-order valence-electron chi connectivity index (χ1n) is 10.1. The van der Waals surface area contributed by atoms with Gasteiger partial charge in [-0.3, -0.25) is 23.7 Å². The number of nitrogens with zero attached hydrogens (tertiary/aromatic N) is 4.